The van der Waals surface area contributed by atoms with Gasteiger partial charge in [0, 0.05) is 28.6 Å². The van der Waals surface area contributed by atoms with E-state index in [1.807, 2.05) is 36.4 Å². The van der Waals surface area contributed by atoms with E-state index in [9.17, 15) is 13.6 Å². The number of amides is 1. The Balaban J connectivity index is 1.13. The van der Waals surface area contributed by atoms with Gasteiger partial charge in [-0.05, 0) is 83.1 Å². The van der Waals surface area contributed by atoms with E-state index in [0.717, 1.165) is 39.6 Å². The third-order valence-corrected chi connectivity index (χ3v) is 8.48. The van der Waals surface area contributed by atoms with Crippen molar-refractivity contribution in [3.05, 3.63) is 114 Å². The average molecular weight is 589 g/mol. The van der Waals surface area contributed by atoms with E-state index in [4.69, 9.17) is 19.6 Å². The molecule has 0 bridgehead atoms. The van der Waals surface area contributed by atoms with E-state index in [-0.39, 0.29) is 36.6 Å². The van der Waals surface area contributed by atoms with Gasteiger partial charge in [-0.2, -0.15) is 0 Å². The number of nitrogen functional groups attached to an aromatic ring is 1. The third-order valence-electron chi connectivity index (χ3n) is 8.48. The molecule has 1 aliphatic heterocycles. The van der Waals surface area contributed by atoms with Gasteiger partial charge >= 0.3 is 0 Å². The van der Waals surface area contributed by atoms with Gasteiger partial charge in [0.25, 0.3) is 5.91 Å². The van der Waals surface area contributed by atoms with E-state index in [1.54, 1.807) is 42.8 Å². The molecule has 2 aliphatic rings. The monoisotopic (exact) mass is 588 g/mol. The normalized spacial score (nSPS) is 18.0. The number of pyridine rings is 1. The van der Waals surface area contributed by atoms with Gasteiger partial charge in [0.2, 0.25) is 0 Å². The molecule has 3 aromatic carbocycles. The zero-order valence-electron chi connectivity index (χ0n) is 23.4. The first-order valence-corrected chi connectivity index (χ1v) is 14.4. The topological polar surface area (TPSA) is 98.4 Å². The maximum Gasteiger partial charge on any atom is 0.254 e. The number of fused-ring (bicyclic) bond motifs is 1. The van der Waals surface area contributed by atoms with Crippen LogP contribution in [0.5, 0.6) is 0 Å². The number of nitrogens with zero attached hydrogens (tertiary/aromatic N) is 3. The molecular weight excluding hydrogens is 562 g/mol. The second-order valence-corrected chi connectivity index (χ2v) is 11.5. The molecule has 7 nitrogen and oxygen atoms in total. The van der Waals surface area contributed by atoms with Crippen molar-refractivity contribution in [2.24, 2.45) is 0 Å². The Labute approximate surface area is 251 Å². The van der Waals surface area contributed by atoms with Crippen LogP contribution in [0.1, 0.15) is 40.1 Å². The number of carbonyl (C=O) groups excluding carboxylic acids is 1. The van der Waals surface area contributed by atoms with E-state index in [0.29, 0.717) is 34.3 Å². The standard InChI is InChI=1S/C35H26F2N4O3/c36-25-8-5-20(6-9-25)28-12-23(19-1-3-21(4-2-19)35(42)41-16-26(37)17-41)11-24-13-31(44-33(24)28)30-18-43-34(40-30)29-14-27(29)22-7-10-32(38)39-15-22/h1-13,15,18,26-27,29H,14,16-17H2,(H2,38,39)/t27-,29-/m0/s1. The Morgan fingerprint density at radius 3 is 2.41 bits per heavy atom. The number of benzene rings is 3. The number of halogens is 2. The summed E-state index contributed by atoms with van der Waals surface area (Å²) in [4.78, 5) is 23.1. The first kappa shape index (κ1) is 26.3. The van der Waals surface area contributed by atoms with Gasteiger partial charge < -0.3 is 19.5 Å². The van der Waals surface area contributed by atoms with Gasteiger partial charge in [0.05, 0.1) is 13.1 Å². The molecule has 2 fully saturated rings. The summed E-state index contributed by atoms with van der Waals surface area (Å²) in [6.07, 6.45) is 3.39. The molecule has 1 aliphatic carbocycles. The second kappa shape index (κ2) is 10.2. The number of aromatic nitrogens is 2. The van der Waals surface area contributed by atoms with Crippen LogP contribution in [0.25, 0.3) is 44.7 Å². The van der Waals surface area contributed by atoms with Crippen LogP contribution >= 0.6 is 0 Å². The molecule has 44 heavy (non-hydrogen) atoms. The van der Waals surface area contributed by atoms with E-state index in [2.05, 4.69) is 4.98 Å². The minimum Gasteiger partial charge on any atom is -0.454 e. The number of alkyl halides is 1. The number of carbonyl (C=O) groups is 1. The highest BCUT2D eigenvalue weighted by molar-refractivity contribution is 5.99. The Bertz CT molecular complexity index is 2010. The van der Waals surface area contributed by atoms with Gasteiger partial charge in [-0.3, -0.25) is 4.79 Å². The lowest BCUT2D eigenvalue weighted by Gasteiger charge is -2.34. The number of anilines is 1. The zero-order valence-corrected chi connectivity index (χ0v) is 23.4. The molecule has 1 saturated carbocycles. The van der Waals surface area contributed by atoms with Gasteiger partial charge in [-0.15, -0.1) is 0 Å². The Morgan fingerprint density at radius 1 is 0.909 bits per heavy atom. The second-order valence-electron chi connectivity index (χ2n) is 11.5. The number of oxazole rings is 1. The molecule has 0 radical (unpaired) electrons. The predicted octanol–water partition coefficient (Wildman–Crippen LogP) is 7.60. The highest BCUT2D eigenvalue weighted by atomic mass is 19.1. The maximum absolute atomic E-state index is 13.8. The summed E-state index contributed by atoms with van der Waals surface area (Å²) in [5.74, 6) is 1.64. The molecule has 1 amide bonds. The molecule has 218 valence electrons. The molecule has 1 saturated heterocycles. The van der Waals surface area contributed by atoms with Crippen LogP contribution in [-0.4, -0.2) is 40.0 Å². The van der Waals surface area contributed by atoms with E-state index < -0.39 is 6.17 Å². The summed E-state index contributed by atoms with van der Waals surface area (Å²) >= 11 is 0. The fourth-order valence-corrected chi connectivity index (χ4v) is 5.91. The molecule has 0 spiro atoms. The number of nitrogens with two attached hydrogens (primary N) is 1. The smallest absolute Gasteiger partial charge is 0.254 e. The molecule has 8 rings (SSSR count). The molecular formula is C35H26F2N4O3. The fraction of sp³-hybridized carbons (Fsp3) is 0.171. The first-order chi connectivity index (χ1) is 21.4. The Kier molecular flexibility index (Phi) is 6.08. The van der Waals surface area contributed by atoms with Crippen molar-refractivity contribution in [1.82, 2.24) is 14.9 Å². The number of hydrogen-bond donors (Lipinski definition) is 1. The van der Waals surface area contributed by atoms with Crippen LogP contribution < -0.4 is 5.73 Å². The van der Waals surface area contributed by atoms with Crippen molar-refractivity contribution < 1.29 is 22.4 Å². The molecule has 9 heteroatoms. The van der Waals surface area contributed by atoms with Gasteiger partial charge in [0.15, 0.2) is 11.7 Å². The predicted molar refractivity (Wildman–Crippen MR) is 162 cm³/mol. The highest BCUT2D eigenvalue weighted by Crippen LogP contribution is 2.54. The van der Waals surface area contributed by atoms with Crippen molar-refractivity contribution in [3.8, 4) is 33.7 Å². The van der Waals surface area contributed by atoms with Crippen molar-refractivity contribution in [3.63, 3.8) is 0 Å². The van der Waals surface area contributed by atoms with Crippen molar-refractivity contribution in [2.45, 2.75) is 24.4 Å². The van der Waals surface area contributed by atoms with Crippen LogP contribution in [0, 0.1) is 5.82 Å². The molecule has 6 aromatic rings. The molecule has 4 heterocycles. The van der Waals surface area contributed by atoms with Crippen LogP contribution in [0.4, 0.5) is 14.6 Å². The quantitative estimate of drug-likeness (QED) is 0.215. The van der Waals surface area contributed by atoms with Crippen LogP contribution in [0.3, 0.4) is 0 Å². The van der Waals surface area contributed by atoms with Gasteiger partial charge in [0.1, 0.15) is 35.3 Å². The lowest BCUT2D eigenvalue weighted by molar-refractivity contribution is 0.0400. The number of likely N-dealkylation sites (tertiary alicyclic amines) is 1. The van der Waals surface area contributed by atoms with Gasteiger partial charge in [-0.25, -0.2) is 18.7 Å². The van der Waals surface area contributed by atoms with Crippen LogP contribution in [0.15, 0.2) is 100 Å². The average Bonchev–Trinajstić information content (AvgIpc) is 3.45. The summed E-state index contributed by atoms with van der Waals surface area (Å²) in [7, 11) is 0. The number of rotatable bonds is 6. The minimum absolute atomic E-state index is 0.134. The molecule has 2 atom stereocenters. The van der Waals surface area contributed by atoms with Gasteiger partial charge in [-0.1, -0.05) is 30.3 Å². The number of hydrogen-bond acceptors (Lipinski definition) is 6. The summed E-state index contributed by atoms with van der Waals surface area (Å²) in [5.41, 5.74) is 12.0. The summed E-state index contributed by atoms with van der Waals surface area (Å²) < 4.78 is 39.4. The van der Waals surface area contributed by atoms with Crippen LogP contribution in [-0.2, 0) is 0 Å². The largest absolute Gasteiger partial charge is 0.454 e. The van der Waals surface area contributed by atoms with Crippen LogP contribution in [0.2, 0.25) is 0 Å². The minimum atomic E-state index is -0.948. The Hall–Kier alpha value is -5.31. The molecule has 3 aromatic heterocycles. The first-order valence-electron chi connectivity index (χ1n) is 14.4. The molecule has 2 N–H and O–H groups in total. The number of furan rings is 1. The van der Waals surface area contributed by atoms with E-state index in [1.165, 1.54) is 17.0 Å². The summed E-state index contributed by atoms with van der Waals surface area (Å²) in [5, 5.41) is 0.841. The summed E-state index contributed by atoms with van der Waals surface area (Å²) in [6.45, 7) is 0.269. The highest BCUT2D eigenvalue weighted by Gasteiger charge is 2.43. The third kappa shape index (κ3) is 4.70. The fourth-order valence-electron chi connectivity index (χ4n) is 5.91. The Morgan fingerprint density at radius 2 is 1.68 bits per heavy atom. The maximum atomic E-state index is 13.8. The molecule has 0 unspecified atom stereocenters. The van der Waals surface area contributed by atoms with E-state index >= 15 is 0 Å². The van der Waals surface area contributed by atoms with Crippen molar-refractivity contribution >= 4 is 22.7 Å². The SMILES string of the molecule is Nc1ccc([C@@H]2C[C@@H]2c2nc(-c3cc4cc(-c5ccc(C(=O)N6CC(F)C6)cc5)cc(-c5ccc(F)cc5)c4o3)co2)cn1. The lowest BCUT2D eigenvalue weighted by atomic mass is 9.96. The lowest BCUT2D eigenvalue weighted by Crippen LogP contribution is -2.51. The zero-order chi connectivity index (χ0) is 29.9. The van der Waals surface area contributed by atoms with Crippen molar-refractivity contribution in [1.29, 1.82) is 0 Å². The van der Waals surface area contributed by atoms with Crippen molar-refractivity contribution in [2.75, 3.05) is 18.8 Å². The summed E-state index contributed by atoms with van der Waals surface area (Å²) in [6, 6.07) is 23.3.